The standard InChI is InChI=1S/C10H18OS/c1-7(2)10(12)5-4-8(3)6-9(10)11/h7-8,12H,4-6H2,1-3H3/t8-,10-/m1/s1. The van der Waals surface area contributed by atoms with Crippen LogP contribution >= 0.6 is 12.6 Å². The van der Waals surface area contributed by atoms with Crippen LogP contribution in [0, 0.1) is 11.8 Å². The van der Waals surface area contributed by atoms with E-state index in [9.17, 15) is 4.79 Å². The van der Waals surface area contributed by atoms with Gasteiger partial charge in [-0.25, -0.2) is 0 Å². The first-order chi connectivity index (χ1) is 5.47. The number of carbonyl (C=O) groups is 1. The van der Waals surface area contributed by atoms with Gasteiger partial charge in [-0.05, 0) is 24.7 Å². The van der Waals surface area contributed by atoms with Crippen molar-refractivity contribution in [3.8, 4) is 0 Å². The zero-order chi connectivity index (χ0) is 9.35. The van der Waals surface area contributed by atoms with Crippen molar-refractivity contribution in [1.29, 1.82) is 0 Å². The van der Waals surface area contributed by atoms with Gasteiger partial charge in [0.1, 0.15) is 5.78 Å². The summed E-state index contributed by atoms with van der Waals surface area (Å²) in [5.41, 5.74) is 0. The third-order valence-corrected chi connectivity index (χ3v) is 3.98. The maximum Gasteiger partial charge on any atom is 0.149 e. The monoisotopic (exact) mass is 186 g/mol. The van der Waals surface area contributed by atoms with Crippen LogP contribution in [0.5, 0.6) is 0 Å². The molecule has 1 rings (SSSR count). The molecule has 70 valence electrons. The molecule has 2 heteroatoms. The Balaban J connectivity index is 2.73. The first-order valence-corrected chi connectivity index (χ1v) is 5.17. The van der Waals surface area contributed by atoms with Crippen LogP contribution in [0.1, 0.15) is 40.0 Å². The largest absolute Gasteiger partial charge is 0.298 e. The summed E-state index contributed by atoms with van der Waals surface area (Å²) in [5, 5.41) is 0. The van der Waals surface area contributed by atoms with E-state index in [-0.39, 0.29) is 4.75 Å². The number of thiol groups is 1. The van der Waals surface area contributed by atoms with Gasteiger partial charge in [0, 0.05) is 6.42 Å². The van der Waals surface area contributed by atoms with E-state index in [4.69, 9.17) is 0 Å². The van der Waals surface area contributed by atoms with E-state index in [1.165, 1.54) is 0 Å². The molecule has 2 atom stereocenters. The molecule has 1 saturated carbocycles. The van der Waals surface area contributed by atoms with Crippen molar-refractivity contribution in [2.75, 3.05) is 0 Å². The fourth-order valence-corrected chi connectivity index (χ4v) is 2.03. The van der Waals surface area contributed by atoms with Gasteiger partial charge in [0.25, 0.3) is 0 Å². The molecule has 0 saturated heterocycles. The Morgan fingerprint density at radius 1 is 1.58 bits per heavy atom. The summed E-state index contributed by atoms with van der Waals surface area (Å²) in [4.78, 5) is 11.7. The highest BCUT2D eigenvalue weighted by molar-refractivity contribution is 7.82. The van der Waals surface area contributed by atoms with Crippen LogP contribution in [0.15, 0.2) is 0 Å². The van der Waals surface area contributed by atoms with Gasteiger partial charge >= 0.3 is 0 Å². The molecule has 0 heterocycles. The summed E-state index contributed by atoms with van der Waals surface area (Å²) in [7, 11) is 0. The minimum atomic E-state index is -0.327. The number of ketones is 1. The molecule has 1 aliphatic carbocycles. The van der Waals surface area contributed by atoms with Crippen LogP contribution < -0.4 is 0 Å². The summed E-state index contributed by atoms with van der Waals surface area (Å²) in [6.07, 6.45) is 2.82. The molecule has 1 fully saturated rings. The lowest BCUT2D eigenvalue weighted by Gasteiger charge is -2.37. The zero-order valence-electron chi connectivity index (χ0n) is 8.13. The van der Waals surface area contributed by atoms with Crippen molar-refractivity contribution in [3.63, 3.8) is 0 Å². The molecule has 0 aromatic heterocycles. The van der Waals surface area contributed by atoms with E-state index >= 15 is 0 Å². The molecule has 0 aromatic carbocycles. The molecular formula is C10H18OS. The topological polar surface area (TPSA) is 17.1 Å². The fourth-order valence-electron chi connectivity index (χ4n) is 1.81. The molecule has 12 heavy (non-hydrogen) atoms. The Hall–Kier alpha value is 0.0200. The zero-order valence-corrected chi connectivity index (χ0v) is 9.03. The van der Waals surface area contributed by atoms with Gasteiger partial charge in [0.05, 0.1) is 4.75 Å². The van der Waals surface area contributed by atoms with Crippen LogP contribution in [0.25, 0.3) is 0 Å². The minimum Gasteiger partial charge on any atom is -0.298 e. The number of hydrogen-bond donors (Lipinski definition) is 1. The molecule has 0 amide bonds. The van der Waals surface area contributed by atoms with Crippen LogP contribution in [0.2, 0.25) is 0 Å². The van der Waals surface area contributed by atoms with Gasteiger partial charge in [-0.1, -0.05) is 20.8 Å². The Bertz CT molecular complexity index is 188. The Morgan fingerprint density at radius 3 is 2.58 bits per heavy atom. The lowest BCUT2D eigenvalue weighted by atomic mass is 9.76. The number of hydrogen-bond acceptors (Lipinski definition) is 2. The van der Waals surface area contributed by atoms with Crippen LogP contribution in [-0.4, -0.2) is 10.5 Å². The average molecular weight is 186 g/mol. The van der Waals surface area contributed by atoms with E-state index in [2.05, 4.69) is 33.4 Å². The maximum atomic E-state index is 11.7. The molecule has 0 bridgehead atoms. The Morgan fingerprint density at radius 2 is 2.17 bits per heavy atom. The molecule has 0 aromatic rings. The first-order valence-electron chi connectivity index (χ1n) is 4.72. The lowest BCUT2D eigenvalue weighted by Crippen LogP contribution is -2.42. The minimum absolute atomic E-state index is 0.327. The first kappa shape index (κ1) is 10.1. The van der Waals surface area contributed by atoms with Gasteiger partial charge in [0.2, 0.25) is 0 Å². The maximum absolute atomic E-state index is 11.7. The van der Waals surface area contributed by atoms with Crippen molar-refractivity contribution in [1.82, 2.24) is 0 Å². The predicted octanol–water partition coefficient (Wildman–Crippen LogP) is 2.70. The summed E-state index contributed by atoms with van der Waals surface area (Å²) in [6, 6.07) is 0. The Labute approximate surface area is 80.3 Å². The number of rotatable bonds is 1. The number of carbonyl (C=O) groups excluding carboxylic acids is 1. The lowest BCUT2D eigenvalue weighted by molar-refractivity contribution is -0.125. The second-order valence-corrected chi connectivity index (χ2v) is 5.15. The second kappa shape index (κ2) is 3.41. The van der Waals surface area contributed by atoms with Gasteiger partial charge < -0.3 is 0 Å². The van der Waals surface area contributed by atoms with Crippen molar-refractivity contribution in [2.45, 2.75) is 44.8 Å². The molecule has 0 radical (unpaired) electrons. The van der Waals surface area contributed by atoms with Gasteiger partial charge in [0.15, 0.2) is 0 Å². The fraction of sp³-hybridized carbons (Fsp3) is 0.900. The van der Waals surface area contributed by atoms with E-state index in [0.717, 1.165) is 19.3 Å². The summed E-state index contributed by atoms with van der Waals surface area (Å²) < 4.78 is -0.327. The average Bonchev–Trinajstić information content (AvgIpc) is 1.97. The van der Waals surface area contributed by atoms with Crippen molar-refractivity contribution >= 4 is 18.4 Å². The highest BCUT2D eigenvalue weighted by Gasteiger charge is 2.40. The van der Waals surface area contributed by atoms with Crippen LogP contribution in [0.3, 0.4) is 0 Å². The van der Waals surface area contributed by atoms with Crippen molar-refractivity contribution in [3.05, 3.63) is 0 Å². The van der Waals surface area contributed by atoms with Crippen LogP contribution in [-0.2, 0) is 4.79 Å². The van der Waals surface area contributed by atoms with E-state index in [0.29, 0.717) is 17.6 Å². The molecular weight excluding hydrogens is 168 g/mol. The quantitative estimate of drug-likeness (QED) is 0.623. The molecule has 0 aliphatic heterocycles. The SMILES string of the molecule is CC(C)[C@]1(S)CC[C@@H](C)CC1=O. The molecule has 0 N–H and O–H groups in total. The highest BCUT2D eigenvalue weighted by atomic mass is 32.1. The summed E-state index contributed by atoms with van der Waals surface area (Å²) in [5.74, 6) is 1.27. The highest BCUT2D eigenvalue weighted by Crippen LogP contribution is 2.38. The molecule has 1 nitrogen and oxygen atoms in total. The van der Waals surface area contributed by atoms with Crippen LogP contribution in [0.4, 0.5) is 0 Å². The van der Waals surface area contributed by atoms with E-state index in [1.807, 2.05) is 0 Å². The summed E-state index contributed by atoms with van der Waals surface area (Å²) >= 11 is 4.53. The van der Waals surface area contributed by atoms with Gasteiger partial charge in [-0.2, -0.15) is 12.6 Å². The van der Waals surface area contributed by atoms with E-state index < -0.39 is 0 Å². The van der Waals surface area contributed by atoms with Gasteiger partial charge in [-0.15, -0.1) is 0 Å². The molecule has 0 spiro atoms. The second-order valence-electron chi connectivity index (χ2n) is 4.35. The van der Waals surface area contributed by atoms with Crippen molar-refractivity contribution in [2.24, 2.45) is 11.8 Å². The van der Waals surface area contributed by atoms with E-state index in [1.54, 1.807) is 0 Å². The Kier molecular flexibility index (Phi) is 2.87. The predicted molar refractivity (Wildman–Crippen MR) is 54.6 cm³/mol. The normalized spacial score (nSPS) is 37.4. The number of Topliss-reactive ketones (excluding diaryl/α,β-unsaturated/α-hetero) is 1. The third-order valence-electron chi connectivity index (χ3n) is 2.99. The molecule has 0 unspecified atom stereocenters. The summed E-state index contributed by atoms with van der Waals surface area (Å²) in [6.45, 7) is 6.31. The van der Waals surface area contributed by atoms with Crippen molar-refractivity contribution < 1.29 is 4.79 Å². The third kappa shape index (κ3) is 1.68. The van der Waals surface area contributed by atoms with Gasteiger partial charge in [-0.3, -0.25) is 4.79 Å². The smallest absolute Gasteiger partial charge is 0.149 e. The molecule has 1 aliphatic rings.